The molecule has 1 heterocycles. The Labute approximate surface area is 262 Å². The van der Waals surface area contributed by atoms with Crippen molar-refractivity contribution in [1.82, 2.24) is 20.4 Å². The van der Waals surface area contributed by atoms with Crippen LogP contribution >= 0.6 is 0 Å². The van der Waals surface area contributed by atoms with Crippen molar-refractivity contribution in [3.8, 4) is 11.1 Å². The Morgan fingerprint density at radius 1 is 0.978 bits per heavy atom. The zero-order chi connectivity index (χ0) is 32.2. The molecule has 0 spiro atoms. The first-order chi connectivity index (χ1) is 21.4. The highest BCUT2D eigenvalue weighted by atomic mass is 19.4. The lowest BCUT2D eigenvalue weighted by Gasteiger charge is -2.40. The van der Waals surface area contributed by atoms with Crippen LogP contribution in [0.1, 0.15) is 59.2 Å². The van der Waals surface area contributed by atoms with Crippen LogP contribution in [0.25, 0.3) is 11.1 Å². The molecule has 7 nitrogen and oxygen atoms in total. The zero-order valence-electron chi connectivity index (χ0n) is 25.7. The monoisotopic (exact) mass is 622 g/mol. The third-order valence-corrected chi connectivity index (χ3v) is 8.98. The van der Waals surface area contributed by atoms with Crippen molar-refractivity contribution in [1.29, 1.82) is 0 Å². The third-order valence-electron chi connectivity index (χ3n) is 8.98. The molecular formula is C35H41F3N4O3. The van der Waals surface area contributed by atoms with Gasteiger partial charge in [0.25, 0.3) is 5.91 Å². The molecule has 2 amide bonds. The standard InChI is InChI=1S/C35H41F3N4O3/c1-41(2)22-26-6-3-4-9-31(26)24-10-12-27(13-11-24)34(45)17-14-30(15-18-34)42-19-16-29(23-42)40-32(43)21-39-33(44)25-7-5-8-28(20-25)35(36,37)38/h3-13,20,29-30,45H,14-19,21-23H2,1-2H3,(H,39,44)(H,40,43). The van der Waals surface area contributed by atoms with Gasteiger partial charge >= 0.3 is 6.18 Å². The van der Waals surface area contributed by atoms with Gasteiger partial charge in [-0.3, -0.25) is 14.5 Å². The van der Waals surface area contributed by atoms with Crippen LogP contribution in [0.15, 0.2) is 72.8 Å². The molecule has 3 N–H and O–H groups in total. The molecule has 2 aliphatic rings. The molecule has 1 saturated heterocycles. The quantitative estimate of drug-likeness (QED) is 0.306. The summed E-state index contributed by atoms with van der Waals surface area (Å²) in [4.78, 5) is 29.3. The number of aliphatic hydroxyl groups is 1. The van der Waals surface area contributed by atoms with Crippen LogP contribution < -0.4 is 10.6 Å². The SMILES string of the molecule is CN(C)Cc1ccccc1-c1ccc(C2(O)CCC(N3CCC(NC(=O)CNC(=O)c4cccc(C(F)(F)F)c4)C3)CC2)cc1. The van der Waals surface area contributed by atoms with E-state index in [1.807, 2.05) is 6.07 Å². The molecule has 0 radical (unpaired) electrons. The van der Waals surface area contributed by atoms with Crippen LogP contribution in [0.5, 0.6) is 0 Å². The fraction of sp³-hybridized carbons (Fsp3) is 0.429. The number of nitrogens with one attached hydrogen (secondary N) is 2. The average Bonchev–Trinajstić information content (AvgIpc) is 3.48. The normalized spacial score (nSPS) is 22.4. The average molecular weight is 623 g/mol. The number of rotatable bonds is 9. The van der Waals surface area contributed by atoms with Crippen molar-refractivity contribution in [2.75, 3.05) is 33.7 Å². The Bertz CT molecular complexity index is 1480. The number of nitrogens with zero attached hydrogens (tertiary/aromatic N) is 2. The second-order valence-corrected chi connectivity index (χ2v) is 12.5. The summed E-state index contributed by atoms with van der Waals surface area (Å²) in [5.41, 5.74) is 2.59. The molecule has 45 heavy (non-hydrogen) atoms. The largest absolute Gasteiger partial charge is 0.416 e. The summed E-state index contributed by atoms with van der Waals surface area (Å²) >= 11 is 0. The third kappa shape index (κ3) is 8.11. The van der Waals surface area contributed by atoms with Crippen LogP contribution in [0, 0.1) is 0 Å². The Morgan fingerprint density at radius 3 is 2.38 bits per heavy atom. The Hall–Kier alpha value is -3.73. The van der Waals surface area contributed by atoms with E-state index < -0.39 is 23.2 Å². The smallest absolute Gasteiger partial charge is 0.385 e. The molecule has 3 aromatic carbocycles. The maximum absolute atomic E-state index is 12.9. The number of halogens is 3. The summed E-state index contributed by atoms with van der Waals surface area (Å²) in [5.74, 6) is -1.12. The lowest BCUT2D eigenvalue weighted by molar-refractivity contribution is -0.137. The molecule has 1 aliphatic carbocycles. The van der Waals surface area contributed by atoms with Crippen LogP contribution in [-0.2, 0) is 23.1 Å². The first-order valence-corrected chi connectivity index (χ1v) is 15.5. The van der Waals surface area contributed by atoms with E-state index in [0.29, 0.717) is 25.4 Å². The number of carbonyl (C=O) groups is 2. The van der Waals surface area contributed by atoms with Crippen molar-refractivity contribution >= 4 is 11.8 Å². The van der Waals surface area contributed by atoms with Crippen molar-refractivity contribution in [3.05, 3.63) is 95.1 Å². The van der Waals surface area contributed by atoms with E-state index in [-0.39, 0.29) is 24.1 Å². The summed E-state index contributed by atoms with van der Waals surface area (Å²) in [5, 5.41) is 16.9. The molecule has 1 saturated carbocycles. The van der Waals surface area contributed by atoms with Gasteiger partial charge in [0.15, 0.2) is 0 Å². The fourth-order valence-electron chi connectivity index (χ4n) is 6.59. The molecular weight excluding hydrogens is 581 g/mol. The molecule has 1 unspecified atom stereocenters. The van der Waals surface area contributed by atoms with Crippen molar-refractivity contribution < 1.29 is 27.9 Å². The van der Waals surface area contributed by atoms with E-state index >= 15 is 0 Å². The van der Waals surface area contributed by atoms with E-state index in [1.54, 1.807) is 0 Å². The van der Waals surface area contributed by atoms with Gasteiger partial charge in [-0.2, -0.15) is 13.2 Å². The molecule has 1 atom stereocenters. The van der Waals surface area contributed by atoms with Gasteiger partial charge in [-0.05, 0) is 86.7 Å². The number of hydrogen-bond acceptors (Lipinski definition) is 5. The first-order valence-electron chi connectivity index (χ1n) is 15.5. The molecule has 2 fully saturated rings. The minimum Gasteiger partial charge on any atom is -0.385 e. The van der Waals surface area contributed by atoms with Crippen molar-refractivity contribution in [2.24, 2.45) is 0 Å². The maximum atomic E-state index is 12.9. The molecule has 240 valence electrons. The molecule has 5 rings (SSSR count). The Kier molecular flexibility index (Phi) is 9.96. The van der Waals surface area contributed by atoms with Gasteiger partial charge in [0.1, 0.15) is 0 Å². The van der Waals surface area contributed by atoms with Gasteiger partial charge in [-0.1, -0.05) is 54.6 Å². The lowest BCUT2D eigenvalue weighted by atomic mass is 9.77. The number of likely N-dealkylation sites (tertiary alicyclic amines) is 1. The summed E-state index contributed by atoms with van der Waals surface area (Å²) in [6.45, 7) is 2.04. The van der Waals surface area contributed by atoms with Gasteiger partial charge in [0.05, 0.1) is 17.7 Å². The number of carbonyl (C=O) groups excluding carboxylic acids is 2. The molecule has 1 aliphatic heterocycles. The van der Waals surface area contributed by atoms with Crippen molar-refractivity contribution in [3.63, 3.8) is 0 Å². The Balaban J connectivity index is 1.08. The summed E-state index contributed by atoms with van der Waals surface area (Å²) in [7, 11) is 4.12. The van der Waals surface area contributed by atoms with Gasteiger partial charge in [-0.25, -0.2) is 0 Å². The van der Waals surface area contributed by atoms with Crippen LogP contribution in [0.3, 0.4) is 0 Å². The van der Waals surface area contributed by atoms with E-state index in [9.17, 15) is 27.9 Å². The Morgan fingerprint density at radius 2 is 1.69 bits per heavy atom. The molecule has 3 aromatic rings. The summed E-state index contributed by atoms with van der Waals surface area (Å²) in [6.07, 6.45) is -0.781. The number of benzene rings is 3. The minimum absolute atomic E-state index is 0.0771. The fourth-order valence-corrected chi connectivity index (χ4v) is 6.59. The summed E-state index contributed by atoms with van der Waals surface area (Å²) < 4.78 is 38.8. The maximum Gasteiger partial charge on any atom is 0.416 e. The predicted octanol–water partition coefficient (Wildman–Crippen LogP) is 5.18. The van der Waals surface area contributed by atoms with Crippen LogP contribution in [0.4, 0.5) is 13.2 Å². The number of amides is 2. The topological polar surface area (TPSA) is 84.9 Å². The van der Waals surface area contributed by atoms with Crippen molar-refractivity contribution in [2.45, 2.75) is 62.5 Å². The van der Waals surface area contributed by atoms with E-state index in [2.05, 4.69) is 77.0 Å². The van der Waals surface area contributed by atoms with Gasteiger partial charge in [0.2, 0.25) is 5.91 Å². The predicted molar refractivity (Wildman–Crippen MR) is 167 cm³/mol. The highest BCUT2D eigenvalue weighted by Crippen LogP contribution is 2.40. The van der Waals surface area contributed by atoms with E-state index in [0.717, 1.165) is 55.6 Å². The van der Waals surface area contributed by atoms with Gasteiger partial charge < -0.3 is 20.6 Å². The van der Waals surface area contributed by atoms with E-state index in [1.165, 1.54) is 23.3 Å². The number of hydrogen-bond donors (Lipinski definition) is 3. The molecule has 0 bridgehead atoms. The summed E-state index contributed by atoms with van der Waals surface area (Å²) in [6, 6.07) is 21.0. The molecule has 0 aromatic heterocycles. The first kappa shape index (κ1) is 32.7. The molecule has 10 heteroatoms. The second kappa shape index (κ2) is 13.7. The highest BCUT2D eigenvalue weighted by Gasteiger charge is 2.38. The van der Waals surface area contributed by atoms with E-state index in [4.69, 9.17) is 0 Å². The van der Waals surface area contributed by atoms with Gasteiger partial charge in [-0.15, -0.1) is 0 Å². The van der Waals surface area contributed by atoms with Gasteiger partial charge in [0, 0.05) is 37.3 Å². The second-order valence-electron chi connectivity index (χ2n) is 12.5. The van der Waals surface area contributed by atoms with Crippen LogP contribution in [-0.4, -0.2) is 72.5 Å². The lowest BCUT2D eigenvalue weighted by Crippen LogP contribution is -2.45. The van der Waals surface area contributed by atoms with Crippen LogP contribution in [0.2, 0.25) is 0 Å². The zero-order valence-corrected chi connectivity index (χ0v) is 25.7. The number of alkyl halides is 3. The highest BCUT2D eigenvalue weighted by molar-refractivity contribution is 5.96. The minimum atomic E-state index is -4.55.